The van der Waals surface area contributed by atoms with E-state index in [0.29, 0.717) is 34.7 Å². The zero-order chi connectivity index (χ0) is 25.8. The summed E-state index contributed by atoms with van der Waals surface area (Å²) in [6.45, 7) is 5.30. The van der Waals surface area contributed by atoms with Crippen LogP contribution in [0.1, 0.15) is 30.0 Å². The second-order valence-corrected chi connectivity index (χ2v) is 9.69. The molecule has 7 nitrogen and oxygen atoms in total. The van der Waals surface area contributed by atoms with Crippen LogP contribution < -0.4 is 18.9 Å². The van der Waals surface area contributed by atoms with E-state index >= 15 is 0 Å². The molecule has 0 radical (unpaired) electrons. The summed E-state index contributed by atoms with van der Waals surface area (Å²) >= 11 is 1.39. The molecule has 5 rings (SSSR count). The normalized spacial score (nSPS) is 16.6. The summed E-state index contributed by atoms with van der Waals surface area (Å²) in [6.07, 6.45) is 2.72. The average Bonchev–Trinajstić information content (AvgIpc) is 3.49. The lowest BCUT2D eigenvalue weighted by Crippen LogP contribution is -2.29. The molecule has 3 aromatic rings. The molecule has 2 aliphatic rings. The first kappa shape index (κ1) is 24.8. The number of ether oxygens (including phenoxy) is 4. The van der Waals surface area contributed by atoms with Gasteiger partial charge < -0.3 is 18.9 Å². The first-order valence-electron chi connectivity index (χ1n) is 12.1. The van der Waals surface area contributed by atoms with Gasteiger partial charge in [0.2, 0.25) is 6.79 Å². The first-order chi connectivity index (χ1) is 18.0. The number of rotatable bonds is 8. The van der Waals surface area contributed by atoms with Gasteiger partial charge in [-0.3, -0.25) is 9.69 Å². The van der Waals surface area contributed by atoms with Crippen LogP contribution in [0.25, 0.3) is 6.08 Å². The molecule has 0 saturated carbocycles. The van der Waals surface area contributed by atoms with Crippen molar-refractivity contribution in [3.63, 3.8) is 0 Å². The molecule has 0 bridgehead atoms. The molecule has 2 heterocycles. The second kappa shape index (κ2) is 11.0. The Balaban J connectivity index is 1.34. The van der Waals surface area contributed by atoms with E-state index in [1.54, 1.807) is 12.0 Å². The highest BCUT2D eigenvalue weighted by molar-refractivity contribution is 8.18. The van der Waals surface area contributed by atoms with Gasteiger partial charge in [-0.05, 0) is 78.7 Å². The van der Waals surface area contributed by atoms with Crippen molar-refractivity contribution >= 4 is 34.6 Å². The van der Waals surface area contributed by atoms with Crippen molar-refractivity contribution in [2.45, 2.75) is 26.9 Å². The van der Waals surface area contributed by atoms with Crippen molar-refractivity contribution in [2.24, 2.45) is 4.99 Å². The van der Waals surface area contributed by atoms with E-state index in [1.807, 2.05) is 73.7 Å². The lowest BCUT2D eigenvalue weighted by Gasteiger charge is -2.14. The van der Waals surface area contributed by atoms with Crippen LogP contribution in [-0.4, -0.2) is 36.4 Å². The van der Waals surface area contributed by atoms with E-state index in [1.165, 1.54) is 17.3 Å². The molecule has 2 aliphatic heterocycles. The van der Waals surface area contributed by atoms with Crippen molar-refractivity contribution in [1.29, 1.82) is 0 Å². The van der Waals surface area contributed by atoms with Crippen molar-refractivity contribution < 1.29 is 23.7 Å². The van der Waals surface area contributed by atoms with Crippen molar-refractivity contribution in [1.82, 2.24) is 4.90 Å². The van der Waals surface area contributed by atoms with Crippen molar-refractivity contribution in [3.05, 3.63) is 82.3 Å². The third-order valence-corrected chi connectivity index (χ3v) is 6.92. The number of aryl methyl sites for hydroxylation is 1. The number of amides is 1. The molecule has 37 heavy (non-hydrogen) atoms. The van der Waals surface area contributed by atoms with Gasteiger partial charge in [-0.15, -0.1) is 0 Å². The maximum Gasteiger partial charge on any atom is 0.266 e. The summed E-state index contributed by atoms with van der Waals surface area (Å²) in [5, 5.41) is 0.692. The second-order valence-electron chi connectivity index (χ2n) is 8.68. The summed E-state index contributed by atoms with van der Waals surface area (Å²) in [5.41, 5.74) is 3.80. The number of aliphatic imine (C=N–C) groups is 1. The molecule has 0 unspecified atom stereocenters. The van der Waals surface area contributed by atoms with Gasteiger partial charge in [0, 0.05) is 6.54 Å². The molecular formula is C29H28N2O5S. The van der Waals surface area contributed by atoms with Crippen LogP contribution in [-0.2, 0) is 11.4 Å². The van der Waals surface area contributed by atoms with Crippen molar-refractivity contribution in [2.75, 3.05) is 20.4 Å². The minimum atomic E-state index is -0.0418. The summed E-state index contributed by atoms with van der Waals surface area (Å²) in [5.74, 6) is 2.62. The van der Waals surface area contributed by atoms with Gasteiger partial charge in [-0.25, -0.2) is 4.99 Å². The minimum Gasteiger partial charge on any atom is -0.493 e. The summed E-state index contributed by atoms with van der Waals surface area (Å²) in [6, 6.07) is 19.3. The Morgan fingerprint density at radius 1 is 1.03 bits per heavy atom. The van der Waals surface area contributed by atoms with E-state index in [4.69, 9.17) is 23.9 Å². The fourth-order valence-corrected chi connectivity index (χ4v) is 5.00. The van der Waals surface area contributed by atoms with Gasteiger partial charge in [0.25, 0.3) is 5.91 Å². The van der Waals surface area contributed by atoms with E-state index < -0.39 is 0 Å². The predicted octanol–water partition coefficient (Wildman–Crippen LogP) is 6.33. The Morgan fingerprint density at radius 3 is 2.62 bits per heavy atom. The summed E-state index contributed by atoms with van der Waals surface area (Å²) in [7, 11) is 1.60. The van der Waals surface area contributed by atoms with Gasteiger partial charge >= 0.3 is 0 Å². The topological polar surface area (TPSA) is 69.6 Å². The molecular weight excluding hydrogens is 488 g/mol. The summed E-state index contributed by atoms with van der Waals surface area (Å²) in [4.78, 5) is 20.3. The van der Waals surface area contributed by atoms with E-state index in [0.717, 1.165) is 34.7 Å². The van der Waals surface area contributed by atoms with Crippen LogP contribution in [0, 0.1) is 6.92 Å². The van der Waals surface area contributed by atoms with Gasteiger partial charge in [-0.1, -0.05) is 36.8 Å². The van der Waals surface area contributed by atoms with Crippen LogP contribution in [0.5, 0.6) is 23.0 Å². The van der Waals surface area contributed by atoms with Gasteiger partial charge in [0.05, 0.1) is 17.7 Å². The lowest BCUT2D eigenvalue weighted by atomic mass is 10.1. The van der Waals surface area contributed by atoms with E-state index in [9.17, 15) is 4.79 Å². The molecule has 190 valence electrons. The molecule has 3 aromatic carbocycles. The van der Waals surface area contributed by atoms with Crippen LogP contribution in [0.15, 0.2) is 70.6 Å². The highest BCUT2D eigenvalue weighted by Crippen LogP contribution is 2.37. The van der Waals surface area contributed by atoms with Crippen LogP contribution in [0.4, 0.5) is 5.69 Å². The molecule has 0 N–H and O–H groups in total. The van der Waals surface area contributed by atoms with Crippen molar-refractivity contribution in [3.8, 4) is 23.0 Å². The fraction of sp³-hybridized carbons (Fsp3) is 0.241. The number of hydrogen-bond acceptors (Lipinski definition) is 7. The molecule has 1 saturated heterocycles. The number of fused-ring (bicyclic) bond motifs is 1. The monoisotopic (exact) mass is 516 g/mol. The zero-order valence-electron chi connectivity index (χ0n) is 21.0. The van der Waals surface area contributed by atoms with Gasteiger partial charge in [0.15, 0.2) is 28.2 Å². The third kappa shape index (κ3) is 5.59. The molecule has 0 aliphatic carbocycles. The molecule has 8 heteroatoms. The van der Waals surface area contributed by atoms with E-state index in [-0.39, 0.29) is 12.7 Å². The zero-order valence-corrected chi connectivity index (χ0v) is 21.8. The number of hydrogen-bond donors (Lipinski definition) is 0. The largest absolute Gasteiger partial charge is 0.493 e. The number of carbonyl (C=O) groups excluding carboxylic acids is 1. The lowest BCUT2D eigenvalue weighted by molar-refractivity contribution is -0.122. The molecule has 0 atom stereocenters. The Bertz CT molecular complexity index is 1370. The van der Waals surface area contributed by atoms with Crippen LogP contribution in [0.3, 0.4) is 0 Å². The number of benzene rings is 3. The first-order valence-corrected chi connectivity index (χ1v) is 12.9. The van der Waals surface area contributed by atoms with Gasteiger partial charge in [0.1, 0.15) is 6.61 Å². The average molecular weight is 517 g/mol. The van der Waals surface area contributed by atoms with Crippen LogP contribution in [0.2, 0.25) is 0 Å². The third-order valence-electron chi connectivity index (χ3n) is 5.91. The Hall–Kier alpha value is -3.91. The number of amidine groups is 1. The number of thioether (sulfide) groups is 1. The molecule has 1 amide bonds. The standard InChI is InChI=1S/C29H28N2O5S/c1-4-13-31-28(32)27(37-29(31)30-22-9-5-19(2)6-10-22)16-20-7-11-23(25(14-20)33-3)34-17-21-8-12-24-26(15-21)36-18-35-24/h5-12,14-16H,4,13,17-18H2,1-3H3/b27-16+,30-29?. The number of methoxy groups -OCH3 is 1. The molecule has 1 fully saturated rings. The maximum absolute atomic E-state index is 13.2. The Morgan fingerprint density at radius 2 is 1.84 bits per heavy atom. The SMILES string of the molecule is CCCN1C(=O)/C(=C\c2ccc(OCc3ccc4c(c3)OCO4)c(OC)c2)SC1=Nc1ccc(C)cc1. The molecule has 0 spiro atoms. The van der Waals surface area contributed by atoms with Gasteiger partial charge in [-0.2, -0.15) is 0 Å². The van der Waals surface area contributed by atoms with Crippen LogP contribution >= 0.6 is 11.8 Å². The smallest absolute Gasteiger partial charge is 0.266 e. The Kier molecular flexibility index (Phi) is 7.37. The minimum absolute atomic E-state index is 0.0418. The van der Waals surface area contributed by atoms with E-state index in [2.05, 4.69) is 6.92 Å². The highest BCUT2D eigenvalue weighted by Gasteiger charge is 2.32. The fourth-order valence-electron chi connectivity index (χ4n) is 3.98. The molecule has 0 aromatic heterocycles. The predicted molar refractivity (Wildman–Crippen MR) is 146 cm³/mol. The maximum atomic E-state index is 13.2. The Labute approximate surface area is 220 Å². The quantitative estimate of drug-likeness (QED) is 0.326. The summed E-state index contributed by atoms with van der Waals surface area (Å²) < 4.78 is 22.4. The highest BCUT2D eigenvalue weighted by atomic mass is 32.2. The number of nitrogens with zero attached hydrogens (tertiary/aromatic N) is 2. The number of carbonyl (C=O) groups is 1.